The zero-order valence-corrected chi connectivity index (χ0v) is 12.4. The van der Waals surface area contributed by atoms with E-state index in [1.165, 1.54) is 6.42 Å². The van der Waals surface area contributed by atoms with Crippen molar-refractivity contribution in [1.29, 1.82) is 0 Å². The van der Waals surface area contributed by atoms with Gasteiger partial charge in [0, 0.05) is 17.3 Å². The van der Waals surface area contributed by atoms with Crippen molar-refractivity contribution in [1.82, 2.24) is 0 Å². The molecule has 1 fully saturated rings. The second-order valence-electron chi connectivity index (χ2n) is 5.61. The molecule has 2 rings (SSSR count). The fraction of sp³-hybridized carbons (Fsp3) is 0.500. The lowest BCUT2D eigenvalue weighted by Crippen LogP contribution is -2.25. The van der Waals surface area contributed by atoms with Crippen LogP contribution in [0.15, 0.2) is 18.2 Å². The lowest BCUT2D eigenvalue weighted by atomic mass is 9.88. The normalized spacial score (nSPS) is 15.5. The standard InChI is InChI=1S/C16H23N3O2/c1-11-7-8-13(18-15(20)10-17)9-14(11)19-16(21)12-5-3-2-4-6-12/h7-9,12H,2-6,10,17H2,1H3,(H,18,20)(H,19,21). The number of carbonyl (C=O) groups excluding carboxylic acids is 2. The number of carbonyl (C=O) groups is 2. The smallest absolute Gasteiger partial charge is 0.238 e. The Labute approximate surface area is 125 Å². The van der Waals surface area contributed by atoms with Crippen LogP contribution in [-0.4, -0.2) is 18.4 Å². The van der Waals surface area contributed by atoms with E-state index >= 15 is 0 Å². The van der Waals surface area contributed by atoms with Crippen molar-refractivity contribution in [3.8, 4) is 0 Å². The summed E-state index contributed by atoms with van der Waals surface area (Å²) in [5.74, 6) is -0.0519. The summed E-state index contributed by atoms with van der Waals surface area (Å²) in [6.07, 6.45) is 5.42. The molecule has 4 N–H and O–H groups in total. The molecule has 5 nitrogen and oxygen atoms in total. The highest BCUT2D eigenvalue weighted by Crippen LogP contribution is 2.26. The van der Waals surface area contributed by atoms with Gasteiger partial charge in [0.2, 0.25) is 11.8 Å². The van der Waals surface area contributed by atoms with E-state index in [-0.39, 0.29) is 24.3 Å². The van der Waals surface area contributed by atoms with E-state index in [9.17, 15) is 9.59 Å². The number of rotatable bonds is 4. The van der Waals surface area contributed by atoms with Gasteiger partial charge in [-0.25, -0.2) is 0 Å². The zero-order chi connectivity index (χ0) is 15.2. The number of nitrogens with two attached hydrogens (primary N) is 1. The maximum Gasteiger partial charge on any atom is 0.238 e. The summed E-state index contributed by atoms with van der Waals surface area (Å²) in [5.41, 5.74) is 7.66. The van der Waals surface area contributed by atoms with E-state index in [4.69, 9.17) is 5.73 Å². The Kier molecular flexibility index (Phi) is 5.33. The second-order valence-corrected chi connectivity index (χ2v) is 5.61. The largest absolute Gasteiger partial charge is 0.326 e. The van der Waals surface area contributed by atoms with Crippen LogP contribution < -0.4 is 16.4 Å². The number of nitrogens with one attached hydrogen (secondary N) is 2. The molecule has 0 spiro atoms. The fourth-order valence-electron chi connectivity index (χ4n) is 2.65. The molecule has 114 valence electrons. The molecule has 1 aromatic rings. The van der Waals surface area contributed by atoms with Gasteiger partial charge in [0.1, 0.15) is 0 Å². The monoisotopic (exact) mass is 289 g/mol. The maximum absolute atomic E-state index is 12.3. The van der Waals surface area contributed by atoms with Gasteiger partial charge in [-0.2, -0.15) is 0 Å². The van der Waals surface area contributed by atoms with Crippen LogP contribution in [0.3, 0.4) is 0 Å². The predicted octanol–water partition coefficient (Wildman–Crippen LogP) is 2.41. The molecule has 1 aliphatic rings. The van der Waals surface area contributed by atoms with Gasteiger partial charge in [0.25, 0.3) is 0 Å². The van der Waals surface area contributed by atoms with Crippen LogP contribution in [0, 0.1) is 12.8 Å². The Bertz CT molecular complexity index is 522. The molecule has 21 heavy (non-hydrogen) atoms. The van der Waals surface area contributed by atoms with Gasteiger partial charge >= 0.3 is 0 Å². The van der Waals surface area contributed by atoms with Crippen molar-refractivity contribution < 1.29 is 9.59 Å². The van der Waals surface area contributed by atoms with Crippen molar-refractivity contribution in [3.05, 3.63) is 23.8 Å². The van der Waals surface area contributed by atoms with E-state index in [2.05, 4.69) is 10.6 Å². The first kappa shape index (κ1) is 15.5. The number of amides is 2. The molecule has 0 saturated heterocycles. The molecule has 0 heterocycles. The summed E-state index contributed by atoms with van der Waals surface area (Å²) < 4.78 is 0. The Morgan fingerprint density at radius 1 is 1.19 bits per heavy atom. The zero-order valence-electron chi connectivity index (χ0n) is 12.4. The summed E-state index contributed by atoms with van der Waals surface area (Å²) in [6.45, 7) is 1.88. The van der Waals surface area contributed by atoms with Gasteiger partial charge in [0.15, 0.2) is 0 Å². The third kappa shape index (κ3) is 4.29. The minimum absolute atomic E-state index is 0.0579. The summed E-state index contributed by atoms with van der Waals surface area (Å²) in [5, 5.41) is 5.69. The summed E-state index contributed by atoms with van der Waals surface area (Å²) in [7, 11) is 0. The van der Waals surface area contributed by atoms with Crippen LogP contribution in [0.4, 0.5) is 11.4 Å². The van der Waals surface area contributed by atoms with Gasteiger partial charge < -0.3 is 16.4 Å². The molecule has 0 radical (unpaired) electrons. The maximum atomic E-state index is 12.3. The molecule has 2 amide bonds. The van der Waals surface area contributed by atoms with E-state index in [0.29, 0.717) is 5.69 Å². The van der Waals surface area contributed by atoms with Gasteiger partial charge in [-0.15, -0.1) is 0 Å². The average molecular weight is 289 g/mol. The molecule has 1 aromatic carbocycles. The Morgan fingerprint density at radius 2 is 1.90 bits per heavy atom. The molecule has 0 bridgehead atoms. The topological polar surface area (TPSA) is 84.2 Å². The minimum Gasteiger partial charge on any atom is -0.326 e. The van der Waals surface area contributed by atoms with Crippen molar-refractivity contribution in [2.45, 2.75) is 39.0 Å². The average Bonchev–Trinajstić information content (AvgIpc) is 2.51. The Balaban J connectivity index is 2.05. The van der Waals surface area contributed by atoms with Crippen molar-refractivity contribution >= 4 is 23.2 Å². The molecular formula is C16H23N3O2. The first-order chi connectivity index (χ1) is 10.1. The number of aryl methyl sites for hydroxylation is 1. The van der Waals surface area contributed by atoms with Crippen molar-refractivity contribution in [2.24, 2.45) is 11.7 Å². The van der Waals surface area contributed by atoms with Crippen LogP contribution in [0.25, 0.3) is 0 Å². The molecule has 1 saturated carbocycles. The predicted molar refractivity (Wildman–Crippen MR) is 84.1 cm³/mol. The van der Waals surface area contributed by atoms with Crippen LogP contribution in [-0.2, 0) is 9.59 Å². The fourth-order valence-corrected chi connectivity index (χ4v) is 2.65. The highest BCUT2D eigenvalue weighted by molar-refractivity contribution is 5.96. The molecular weight excluding hydrogens is 266 g/mol. The van der Waals surface area contributed by atoms with E-state index in [0.717, 1.165) is 36.9 Å². The molecule has 0 atom stereocenters. The third-order valence-corrected chi connectivity index (χ3v) is 3.94. The Morgan fingerprint density at radius 3 is 2.57 bits per heavy atom. The number of benzene rings is 1. The summed E-state index contributed by atoms with van der Waals surface area (Å²) >= 11 is 0. The molecule has 1 aliphatic carbocycles. The summed E-state index contributed by atoms with van der Waals surface area (Å²) in [6, 6.07) is 5.46. The van der Waals surface area contributed by atoms with E-state index in [1.807, 2.05) is 13.0 Å². The van der Waals surface area contributed by atoms with Crippen molar-refractivity contribution in [3.63, 3.8) is 0 Å². The first-order valence-corrected chi connectivity index (χ1v) is 7.51. The molecule has 0 aromatic heterocycles. The molecule has 5 heteroatoms. The van der Waals surface area contributed by atoms with Crippen LogP contribution in [0.2, 0.25) is 0 Å². The van der Waals surface area contributed by atoms with Crippen LogP contribution in [0.1, 0.15) is 37.7 Å². The van der Waals surface area contributed by atoms with Gasteiger partial charge in [-0.3, -0.25) is 9.59 Å². The first-order valence-electron chi connectivity index (χ1n) is 7.51. The molecule has 0 aliphatic heterocycles. The lowest BCUT2D eigenvalue weighted by Gasteiger charge is -2.21. The SMILES string of the molecule is Cc1ccc(NC(=O)CN)cc1NC(=O)C1CCCCC1. The van der Waals surface area contributed by atoms with Gasteiger partial charge in [-0.1, -0.05) is 25.3 Å². The van der Waals surface area contributed by atoms with Crippen molar-refractivity contribution in [2.75, 3.05) is 17.2 Å². The van der Waals surface area contributed by atoms with E-state index in [1.54, 1.807) is 12.1 Å². The number of hydrogen-bond donors (Lipinski definition) is 3. The van der Waals surface area contributed by atoms with Crippen LogP contribution >= 0.6 is 0 Å². The summed E-state index contributed by atoms with van der Waals surface area (Å²) in [4.78, 5) is 23.6. The van der Waals surface area contributed by atoms with Gasteiger partial charge in [0.05, 0.1) is 6.54 Å². The second kappa shape index (κ2) is 7.22. The highest BCUT2D eigenvalue weighted by Gasteiger charge is 2.21. The highest BCUT2D eigenvalue weighted by atomic mass is 16.2. The minimum atomic E-state index is -0.247. The molecule has 0 unspecified atom stereocenters. The Hall–Kier alpha value is -1.88. The van der Waals surface area contributed by atoms with Crippen LogP contribution in [0.5, 0.6) is 0 Å². The number of anilines is 2. The quantitative estimate of drug-likeness (QED) is 0.795. The van der Waals surface area contributed by atoms with Gasteiger partial charge in [-0.05, 0) is 37.5 Å². The third-order valence-electron chi connectivity index (χ3n) is 3.94. The van der Waals surface area contributed by atoms with E-state index < -0.39 is 0 Å². The lowest BCUT2D eigenvalue weighted by molar-refractivity contribution is -0.120. The number of hydrogen-bond acceptors (Lipinski definition) is 3.